The van der Waals surface area contributed by atoms with Crippen LogP contribution in [0, 0.1) is 0 Å². The maximum atomic E-state index is 11.9. The quantitative estimate of drug-likeness (QED) is 0.858. The van der Waals surface area contributed by atoms with Crippen molar-refractivity contribution in [2.75, 3.05) is 6.61 Å². The van der Waals surface area contributed by atoms with E-state index in [9.17, 15) is 4.79 Å². The number of thiophene rings is 1. The van der Waals surface area contributed by atoms with E-state index in [1.165, 1.54) is 0 Å². The largest absolute Gasteiger partial charge is 0.494 e. The molecule has 0 atom stereocenters. The molecule has 3 nitrogen and oxygen atoms in total. The third kappa shape index (κ3) is 4.65. The standard InChI is InChI=1S/C15H16BrNO2S/c1-2-19-12-5-3-11(4-6-12)9-15(18)17-10-13-7-8-14(16)20-13/h3-8H,2,9-10H2,1H3,(H,17,18). The van der Waals surface area contributed by atoms with Crippen LogP contribution in [0.2, 0.25) is 0 Å². The molecule has 0 aliphatic heterocycles. The van der Waals surface area contributed by atoms with Crippen LogP contribution in [0.5, 0.6) is 5.75 Å². The SMILES string of the molecule is CCOc1ccc(CC(=O)NCc2ccc(Br)s2)cc1. The van der Waals surface area contributed by atoms with Crippen LogP contribution in [-0.4, -0.2) is 12.5 Å². The second kappa shape index (κ2) is 7.45. The Kier molecular flexibility index (Phi) is 5.61. The summed E-state index contributed by atoms with van der Waals surface area (Å²) in [4.78, 5) is 13.0. The van der Waals surface area contributed by atoms with Crippen molar-refractivity contribution in [2.45, 2.75) is 19.9 Å². The molecule has 1 aromatic carbocycles. The predicted octanol–water partition coefficient (Wildman–Crippen LogP) is 3.77. The second-order valence-electron chi connectivity index (χ2n) is 4.24. The van der Waals surface area contributed by atoms with Gasteiger partial charge in [0.1, 0.15) is 5.75 Å². The van der Waals surface area contributed by atoms with Crippen LogP contribution in [0.4, 0.5) is 0 Å². The van der Waals surface area contributed by atoms with E-state index in [1.807, 2.05) is 43.3 Å². The van der Waals surface area contributed by atoms with Crippen molar-refractivity contribution in [3.05, 3.63) is 50.6 Å². The van der Waals surface area contributed by atoms with Crippen molar-refractivity contribution in [1.29, 1.82) is 0 Å². The van der Waals surface area contributed by atoms with Crippen molar-refractivity contribution in [3.63, 3.8) is 0 Å². The minimum absolute atomic E-state index is 0.0266. The van der Waals surface area contributed by atoms with Crippen molar-refractivity contribution < 1.29 is 9.53 Å². The van der Waals surface area contributed by atoms with Gasteiger partial charge < -0.3 is 10.1 Å². The van der Waals surface area contributed by atoms with Crippen LogP contribution in [-0.2, 0) is 17.8 Å². The normalized spacial score (nSPS) is 10.3. The Morgan fingerprint density at radius 1 is 1.25 bits per heavy atom. The van der Waals surface area contributed by atoms with E-state index in [-0.39, 0.29) is 5.91 Å². The van der Waals surface area contributed by atoms with Crippen LogP contribution >= 0.6 is 27.3 Å². The average Bonchev–Trinajstić information content (AvgIpc) is 2.85. The van der Waals surface area contributed by atoms with Gasteiger partial charge in [-0.2, -0.15) is 0 Å². The third-order valence-electron chi connectivity index (χ3n) is 2.69. The van der Waals surface area contributed by atoms with Crippen LogP contribution in [0.1, 0.15) is 17.4 Å². The van der Waals surface area contributed by atoms with Crippen molar-refractivity contribution >= 4 is 33.2 Å². The molecule has 5 heteroatoms. The molecule has 2 aromatic rings. The number of hydrogen-bond acceptors (Lipinski definition) is 3. The molecule has 1 aromatic heterocycles. The summed E-state index contributed by atoms with van der Waals surface area (Å²) < 4.78 is 6.45. The summed E-state index contributed by atoms with van der Waals surface area (Å²) in [7, 11) is 0. The number of benzene rings is 1. The first-order valence-electron chi connectivity index (χ1n) is 6.40. The summed E-state index contributed by atoms with van der Waals surface area (Å²) in [5.74, 6) is 0.860. The van der Waals surface area contributed by atoms with E-state index in [0.29, 0.717) is 19.6 Å². The molecule has 106 valence electrons. The molecule has 1 heterocycles. The summed E-state index contributed by atoms with van der Waals surface area (Å²) in [5, 5.41) is 2.92. The molecule has 0 bridgehead atoms. The van der Waals surface area contributed by atoms with Crippen molar-refractivity contribution in [1.82, 2.24) is 5.32 Å². The lowest BCUT2D eigenvalue weighted by Gasteiger charge is -2.06. The van der Waals surface area contributed by atoms with E-state index < -0.39 is 0 Å². The summed E-state index contributed by atoms with van der Waals surface area (Å²) in [5.41, 5.74) is 0.985. The Morgan fingerprint density at radius 3 is 2.60 bits per heavy atom. The van der Waals surface area contributed by atoms with Gasteiger partial charge in [0.05, 0.1) is 23.4 Å². The average molecular weight is 354 g/mol. The number of ether oxygens (including phenoxy) is 1. The van der Waals surface area contributed by atoms with Crippen molar-refractivity contribution in [2.24, 2.45) is 0 Å². The van der Waals surface area contributed by atoms with E-state index >= 15 is 0 Å². The molecule has 0 saturated carbocycles. The fourth-order valence-corrected chi connectivity index (χ4v) is 3.17. The minimum atomic E-state index is 0.0266. The fourth-order valence-electron chi connectivity index (χ4n) is 1.75. The second-order valence-corrected chi connectivity index (χ2v) is 6.78. The molecule has 0 radical (unpaired) electrons. The molecular weight excluding hydrogens is 338 g/mol. The lowest BCUT2D eigenvalue weighted by Crippen LogP contribution is -2.24. The molecule has 1 amide bonds. The molecule has 1 N–H and O–H groups in total. The topological polar surface area (TPSA) is 38.3 Å². The Balaban J connectivity index is 1.81. The maximum absolute atomic E-state index is 11.9. The van der Waals surface area contributed by atoms with Crippen LogP contribution in [0.15, 0.2) is 40.2 Å². The van der Waals surface area contributed by atoms with Gasteiger partial charge in [0.15, 0.2) is 0 Å². The van der Waals surface area contributed by atoms with Gasteiger partial charge in [-0.05, 0) is 52.7 Å². The van der Waals surface area contributed by atoms with Gasteiger partial charge in [-0.15, -0.1) is 11.3 Å². The van der Waals surface area contributed by atoms with Gasteiger partial charge in [-0.25, -0.2) is 0 Å². The smallest absolute Gasteiger partial charge is 0.224 e. The Bertz CT molecular complexity index is 566. The number of rotatable bonds is 6. The number of nitrogens with one attached hydrogen (secondary N) is 1. The van der Waals surface area contributed by atoms with Crippen LogP contribution < -0.4 is 10.1 Å². The summed E-state index contributed by atoms with van der Waals surface area (Å²) in [6, 6.07) is 11.6. The van der Waals surface area contributed by atoms with Crippen LogP contribution in [0.25, 0.3) is 0 Å². The zero-order chi connectivity index (χ0) is 14.4. The monoisotopic (exact) mass is 353 g/mol. The fraction of sp³-hybridized carbons (Fsp3) is 0.267. The van der Waals surface area contributed by atoms with Crippen LogP contribution in [0.3, 0.4) is 0 Å². The highest BCUT2D eigenvalue weighted by molar-refractivity contribution is 9.11. The Hall–Kier alpha value is -1.33. The van der Waals surface area contributed by atoms with Gasteiger partial charge in [-0.3, -0.25) is 4.79 Å². The maximum Gasteiger partial charge on any atom is 0.224 e. The zero-order valence-electron chi connectivity index (χ0n) is 11.2. The van der Waals surface area contributed by atoms with Gasteiger partial charge in [0.25, 0.3) is 0 Å². The minimum Gasteiger partial charge on any atom is -0.494 e. The van der Waals surface area contributed by atoms with Gasteiger partial charge >= 0.3 is 0 Å². The predicted molar refractivity (Wildman–Crippen MR) is 85.2 cm³/mol. The molecule has 0 fully saturated rings. The van der Waals surface area contributed by atoms with E-state index in [0.717, 1.165) is 20.0 Å². The Labute approximate surface area is 131 Å². The molecular formula is C15H16BrNO2S. The Morgan fingerprint density at radius 2 is 2.00 bits per heavy atom. The van der Waals surface area contributed by atoms with Gasteiger partial charge in [0.2, 0.25) is 5.91 Å². The number of amides is 1. The highest BCUT2D eigenvalue weighted by Gasteiger charge is 2.05. The van der Waals surface area contributed by atoms with Crippen molar-refractivity contribution in [3.8, 4) is 5.75 Å². The highest BCUT2D eigenvalue weighted by Crippen LogP contribution is 2.21. The molecule has 2 rings (SSSR count). The zero-order valence-corrected chi connectivity index (χ0v) is 13.6. The molecule has 0 aliphatic carbocycles. The first-order chi connectivity index (χ1) is 9.67. The van der Waals surface area contributed by atoms with E-state index in [2.05, 4.69) is 21.2 Å². The molecule has 0 aliphatic rings. The summed E-state index contributed by atoms with van der Waals surface area (Å²) >= 11 is 5.04. The highest BCUT2D eigenvalue weighted by atomic mass is 79.9. The van der Waals surface area contributed by atoms with Gasteiger partial charge in [-0.1, -0.05) is 12.1 Å². The molecule has 0 saturated heterocycles. The first-order valence-corrected chi connectivity index (χ1v) is 8.01. The first kappa shape index (κ1) is 15.1. The number of carbonyl (C=O) groups is 1. The molecule has 0 unspecified atom stereocenters. The molecule has 20 heavy (non-hydrogen) atoms. The van der Waals surface area contributed by atoms with E-state index in [1.54, 1.807) is 11.3 Å². The third-order valence-corrected chi connectivity index (χ3v) is 4.31. The lowest BCUT2D eigenvalue weighted by molar-refractivity contribution is -0.120. The number of hydrogen-bond donors (Lipinski definition) is 1. The summed E-state index contributed by atoms with van der Waals surface area (Å²) in [6.45, 7) is 3.17. The summed E-state index contributed by atoms with van der Waals surface area (Å²) in [6.07, 6.45) is 0.388. The number of halogens is 1. The number of carbonyl (C=O) groups excluding carboxylic acids is 1. The van der Waals surface area contributed by atoms with E-state index in [4.69, 9.17) is 4.74 Å². The van der Waals surface area contributed by atoms with Gasteiger partial charge in [0, 0.05) is 4.88 Å². The lowest BCUT2D eigenvalue weighted by atomic mass is 10.1. The molecule has 0 spiro atoms.